The minimum absolute atomic E-state index is 0.0759. The standard InChI is InChI=1S/C10H16F3N3/c1-3-9(14-4-2)8-5-15-16(6-8)7-10(11,12)13/h5-6,9,14H,3-4,7H2,1-2H3. The van der Waals surface area contributed by atoms with Gasteiger partial charge in [0, 0.05) is 17.8 Å². The molecule has 1 rings (SSSR count). The van der Waals surface area contributed by atoms with E-state index in [9.17, 15) is 13.2 Å². The number of hydrogen-bond donors (Lipinski definition) is 1. The summed E-state index contributed by atoms with van der Waals surface area (Å²) in [4.78, 5) is 0. The molecule has 1 unspecified atom stereocenters. The van der Waals surface area contributed by atoms with Crippen molar-refractivity contribution in [3.8, 4) is 0 Å². The first-order valence-corrected chi connectivity index (χ1v) is 5.28. The molecule has 0 radical (unpaired) electrons. The van der Waals surface area contributed by atoms with E-state index in [0.29, 0.717) is 0 Å². The fourth-order valence-electron chi connectivity index (χ4n) is 1.57. The monoisotopic (exact) mass is 235 g/mol. The summed E-state index contributed by atoms with van der Waals surface area (Å²) in [5, 5.41) is 6.90. The highest BCUT2D eigenvalue weighted by Gasteiger charge is 2.28. The van der Waals surface area contributed by atoms with Gasteiger partial charge in [-0.15, -0.1) is 0 Å². The lowest BCUT2D eigenvalue weighted by Crippen LogP contribution is -2.20. The Hall–Kier alpha value is -1.04. The summed E-state index contributed by atoms with van der Waals surface area (Å²) in [5.41, 5.74) is 0.800. The summed E-state index contributed by atoms with van der Waals surface area (Å²) in [6, 6.07) is 0.0759. The van der Waals surface area contributed by atoms with Gasteiger partial charge in [0.15, 0.2) is 0 Å². The van der Waals surface area contributed by atoms with Gasteiger partial charge in [-0.3, -0.25) is 4.68 Å². The molecule has 0 aliphatic heterocycles. The van der Waals surface area contributed by atoms with Crippen LogP contribution in [0.15, 0.2) is 12.4 Å². The second-order valence-electron chi connectivity index (χ2n) is 3.60. The third-order valence-corrected chi connectivity index (χ3v) is 2.26. The van der Waals surface area contributed by atoms with E-state index in [1.165, 1.54) is 12.4 Å². The molecule has 6 heteroatoms. The molecule has 92 valence electrons. The molecule has 0 saturated heterocycles. The summed E-state index contributed by atoms with van der Waals surface area (Å²) in [6.07, 6.45) is -0.457. The SMILES string of the molecule is CCNC(CC)c1cnn(CC(F)(F)F)c1. The molecule has 1 aromatic rings. The number of alkyl halides is 3. The Morgan fingerprint density at radius 3 is 2.62 bits per heavy atom. The number of hydrogen-bond acceptors (Lipinski definition) is 2. The topological polar surface area (TPSA) is 29.9 Å². The number of rotatable bonds is 5. The second kappa shape index (κ2) is 5.34. The van der Waals surface area contributed by atoms with Gasteiger partial charge in [0.05, 0.1) is 6.20 Å². The Bertz CT molecular complexity index is 319. The van der Waals surface area contributed by atoms with E-state index in [2.05, 4.69) is 10.4 Å². The molecule has 0 aromatic carbocycles. The highest BCUT2D eigenvalue weighted by atomic mass is 19.4. The molecule has 0 spiro atoms. The maximum Gasteiger partial charge on any atom is 0.408 e. The fraction of sp³-hybridized carbons (Fsp3) is 0.700. The quantitative estimate of drug-likeness (QED) is 0.849. The molecule has 1 atom stereocenters. The van der Waals surface area contributed by atoms with Gasteiger partial charge >= 0.3 is 6.18 Å². The molecule has 0 aliphatic carbocycles. The van der Waals surface area contributed by atoms with Crippen LogP contribution in [-0.4, -0.2) is 22.5 Å². The predicted molar refractivity (Wildman–Crippen MR) is 55.0 cm³/mol. The molecule has 3 nitrogen and oxygen atoms in total. The molecule has 1 aromatic heterocycles. The van der Waals surface area contributed by atoms with Crippen molar-refractivity contribution in [3.05, 3.63) is 18.0 Å². The molecule has 0 fully saturated rings. The van der Waals surface area contributed by atoms with E-state index in [4.69, 9.17) is 0 Å². The highest BCUT2D eigenvalue weighted by Crippen LogP contribution is 2.19. The van der Waals surface area contributed by atoms with E-state index in [-0.39, 0.29) is 6.04 Å². The normalized spacial score (nSPS) is 14.1. The Balaban J connectivity index is 2.69. The molecule has 0 aliphatic rings. The average molecular weight is 235 g/mol. The minimum atomic E-state index is -4.22. The maximum absolute atomic E-state index is 12.1. The van der Waals surface area contributed by atoms with E-state index >= 15 is 0 Å². The van der Waals surface area contributed by atoms with Gasteiger partial charge in [-0.1, -0.05) is 13.8 Å². The van der Waals surface area contributed by atoms with Crippen LogP contribution in [0.25, 0.3) is 0 Å². The molecule has 0 saturated carbocycles. The molecular formula is C10H16F3N3. The summed E-state index contributed by atoms with van der Waals surface area (Å²) in [6.45, 7) is 3.69. The summed E-state index contributed by atoms with van der Waals surface area (Å²) in [5.74, 6) is 0. The smallest absolute Gasteiger partial charge is 0.310 e. The molecule has 1 heterocycles. The van der Waals surface area contributed by atoms with E-state index in [0.717, 1.165) is 23.2 Å². The maximum atomic E-state index is 12.1. The molecule has 1 N–H and O–H groups in total. The number of halogens is 3. The minimum Gasteiger partial charge on any atom is -0.310 e. The zero-order valence-electron chi connectivity index (χ0n) is 9.38. The van der Waals surface area contributed by atoms with Crippen LogP contribution < -0.4 is 5.32 Å². The van der Waals surface area contributed by atoms with E-state index in [1.807, 2.05) is 13.8 Å². The van der Waals surface area contributed by atoms with Crippen molar-refractivity contribution < 1.29 is 13.2 Å². The second-order valence-corrected chi connectivity index (χ2v) is 3.60. The Morgan fingerprint density at radius 1 is 1.44 bits per heavy atom. The van der Waals surface area contributed by atoms with Crippen LogP contribution in [0.5, 0.6) is 0 Å². The van der Waals surface area contributed by atoms with Gasteiger partial charge < -0.3 is 5.32 Å². The first kappa shape index (κ1) is 13.0. The van der Waals surface area contributed by atoms with E-state index < -0.39 is 12.7 Å². The van der Waals surface area contributed by atoms with Crippen LogP contribution in [-0.2, 0) is 6.54 Å². The van der Waals surface area contributed by atoms with Gasteiger partial charge in [0.1, 0.15) is 6.54 Å². The third-order valence-electron chi connectivity index (χ3n) is 2.26. The van der Waals surface area contributed by atoms with Gasteiger partial charge in [0.25, 0.3) is 0 Å². The lowest BCUT2D eigenvalue weighted by molar-refractivity contribution is -0.142. The zero-order chi connectivity index (χ0) is 12.2. The van der Waals surface area contributed by atoms with Crippen LogP contribution in [0.1, 0.15) is 31.9 Å². The van der Waals surface area contributed by atoms with Crippen molar-refractivity contribution >= 4 is 0 Å². The summed E-state index contributed by atoms with van der Waals surface area (Å²) in [7, 11) is 0. The summed E-state index contributed by atoms with van der Waals surface area (Å²) < 4.78 is 37.2. The Labute approximate surface area is 92.6 Å². The molecule has 0 amide bonds. The highest BCUT2D eigenvalue weighted by molar-refractivity contribution is 5.10. The third kappa shape index (κ3) is 3.84. The first-order valence-electron chi connectivity index (χ1n) is 5.28. The lowest BCUT2D eigenvalue weighted by atomic mass is 10.1. The van der Waals surface area contributed by atoms with Crippen molar-refractivity contribution in [1.82, 2.24) is 15.1 Å². The van der Waals surface area contributed by atoms with Gasteiger partial charge in [0.2, 0.25) is 0 Å². The number of nitrogens with zero attached hydrogens (tertiary/aromatic N) is 2. The molecule has 0 bridgehead atoms. The predicted octanol–water partition coefficient (Wildman–Crippen LogP) is 2.51. The number of nitrogens with one attached hydrogen (secondary N) is 1. The van der Waals surface area contributed by atoms with Gasteiger partial charge in [-0.05, 0) is 13.0 Å². The van der Waals surface area contributed by atoms with Crippen LogP contribution in [0.2, 0.25) is 0 Å². The van der Waals surface area contributed by atoms with Crippen molar-refractivity contribution in [3.63, 3.8) is 0 Å². The Morgan fingerprint density at radius 2 is 2.12 bits per heavy atom. The fourth-order valence-corrected chi connectivity index (χ4v) is 1.57. The number of aromatic nitrogens is 2. The zero-order valence-corrected chi connectivity index (χ0v) is 9.38. The summed E-state index contributed by atoms with van der Waals surface area (Å²) >= 11 is 0. The van der Waals surface area contributed by atoms with Crippen molar-refractivity contribution in [1.29, 1.82) is 0 Å². The Kier molecular flexibility index (Phi) is 4.35. The van der Waals surface area contributed by atoms with Crippen LogP contribution in [0.4, 0.5) is 13.2 Å². The lowest BCUT2D eigenvalue weighted by Gasteiger charge is -2.13. The van der Waals surface area contributed by atoms with Crippen LogP contribution in [0.3, 0.4) is 0 Å². The van der Waals surface area contributed by atoms with Gasteiger partial charge in [-0.25, -0.2) is 0 Å². The van der Waals surface area contributed by atoms with Crippen molar-refractivity contribution in [2.24, 2.45) is 0 Å². The van der Waals surface area contributed by atoms with Crippen molar-refractivity contribution in [2.75, 3.05) is 6.54 Å². The van der Waals surface area contributed by atoms with Crippen LogP contribution >= 0.6 is 0 Å². The van der Waals surface area contributed by atoms with Crippen LogP contribution in [0, 0.1) is 0 Å². The molecule has 16 heavy (non-hydrogen) atoms. The largest absolute Gasteiger partial charge is 0.408 e. The first-order chi connectivity index (χ1) is 7.46. The van der Waals surface area contributed by atoms with E-state index in [1.54, 1.807) is 0 Å². The van der Waals surface area contributed by atoms with Gasteiger partial charge in [-0.2, -0.15) is 18.3 Å². The van der Waals surface area contributed by atoms with Crippen molar-refractivity contribution in [2.45, 2.75) is 39.0 Å². The molecular weight excluding hydrogens is 219 g/mol. The average Bonchev–Trinajstić information content (AvgIpc) is 2.59.